The molecule has 1 saturated heterocycles. The molecular weight excluding hydrogens is 404 g/mol. The highest BCUT2D eigenvalue weighted by molar-refractivity contribution is 5.94. The number of aromatic amines is 1. The predicted molar refractivity (Wildman–Crippen MR) is 112 cm³/mol. The molecule has 2 heterocycles. The van der Waals surface area contributed by atoms with Gasteiger partial charge >= 0.3 is 5.97 Å². The maximum atomic E-state index is 13.1. The minimum absolute atomic E-state index is 0.0481. The molecule has 1 aromatic rings. The van der Waals surface area contributed by atoms with Crippen molar-refractivity contribution in [3.63, 3.8) is 0 Å². The van der Waals surface area contributed by atoms with Crippen LogP contribution >= 0.6 is 0 Å². The number of carboxylic acids is 1. The molecule has 0 saturated carbocycles. The SMILES string of the molecule is CCC(C)C(N)C(=O)NC(C)C(=O)NC(Cc1cnc[nH]1)C(=O)N1CCCC1C(=O)O. The van der Waals surface area contributed by atoms with Gasteiger partial charge in [0.25, 0.3) is 0 Å². The zero-order valence-corrected chi connectivity index (χ0v) is 18.1. The van der Waals surface area contributed by atoms with Crippen molar-refractivity contribution in [2.24, 2.45) is 11.7 Å². The van der Waals surface area contributed by atoms with E-state index in [9.17, 15) is 24.3 Å². The van der Waals surface area contributed by atoms with E-state index >= 15 is 0 Å². The summed E-state index contributed by atoms with van der Waals surface area (Å²) in [7, 11) is 0. The Morgan fingerprint density at radius 1 is 1.29 bits per heavy atom. The number of amides is 3. The first-order chi connectivity index (χ1) is 14.6. The zero-order chi connectivity index (χ0) is 23.1. The van der Waals surface area contributed by atoms with Crippen molar-refractivity contribution in [2.45, 2.75) is 70.6 Å². The molecule has 0 bridgehead atoms. The van der Waals surface area contributed by atoms with Crippen LogP contribution in [0.4, 0.5) is 0 Å². The third kappa shape index (κ3) is 6.27. The fourth-order valence-corrected chi connectivity index (χ4v) is 3.49. The lowest BCUT2D eigenvalue weighted by Crippen LogP contribution is -2.57. The Balaban J connectivity index is 2.09. The summed E-state index contributed by atoms with van der Waals surface area (Å²) in [6.45, 7) is 5.58. The van der Waals surface area contributed by atoms with Crippen LogP contribution in [-0.2, 0) is 25.6 Å². The maximum Gasteiger partial charge on any atom is 0.326 e. The van der Waals surface area contributed by atoms with Crippen LogP contribution in [0.15, 0.2) is 12.5 Å². The fourth-order valence-electron chi connectivity index (χ4n) is 3.49. The van der Waals surface area contributed by atoms with Crippen molar-refractivity contribution in [3.05, 3.63) is 18.2 Å². The van der Waals surface area contributed by atoms with Gasteiger partial charge in [0.05, 0.1) is 12.4 Å². The second-order valence-electron chi connectivity index (χ2n) is 8.01. The maximum absolute atomic E-state index is 13.1. The van der Waals surface area contributed by atoms with Crippen LogP contribution in [0.1, 0.15) is 45.7 Å². The first kappa shape index (κ1) is 24.3. The van der Waals surface area contributed by atoms with E-state index in [2.05, 4.69) is 20.6 Å². The Labute approximate surface area is 181 Å². The van der Waals surface area contributed by atoms with E-state index in [1.807, 2.05) is 13.8 Å². The standard InChI is InChI=1S/C20H32N6O5/c1-4-11(2)16(21)18(28)24-12(3)17(27)25-14(8-13-9-22-10-23-13)19(29)26-7-5-6-15(26)20(30)31/h9-12,14-16H,4-8,21H2,1-3H3,(H,22,23)(H,24,28)(H,25,27)(H,30,31). The van der Waals surface area contributed by atoms with Gasteiger partial charge in [-0.3, -0.25) is 14.4 Å². The third-order valence-corrected chi connectivity index (χ3v) is 5.73. The first-order valence-electron chi connectivity index (χ1n) is 10.5. The molecule has 1 aliphatic heterocycles. The van der Waals surface area contributed by atoms with Crippen LogP contribution in [0.25, 0.3) is 0 Å². The number of nitrogens with zero attached hydrogens (tertiary/aromatic N) is 2. The Morgan fingerprint density at radius 2 is 2.00 bits per heavy atom. The molecule has 6 N–H and O–H groups in total. The summed E-state index contributed by atoms with van der Waals surface area (Å²) < 4.78 is 0. The minimum Gasteiger partial charge on any atom is -0.480 e. The summed E-state index contributed by atoms with van der Waals surface area (Å²) in [5.41, 5.74) is 6.53. The van der Waals surface area contributed by atoms with Crippen LogP contribution in [0, 0.1) is 5.92 Å². The molecule has 0 aliphatic carbocycles. The van der Waals surface area contributed by atoms with Crippen molar-refractivity contribution in [2.75, 3.05) is 6.54 Å². The second kappa shape index (κ2) is 10.9. The number of hydrogen-bond acceptors (Lipinski definition) is 6. The number of imidazole rings is 1. The number of aromatic nitrogens is 2. The number of nitrogens with one attached hydrogen (secondary N) is 3. The highest BCUT2D eigenvalue weighted by Gasteiger charge is 2.38. The molecule has 2 rings (SSSR count). The number of nitrogens with two attached hydrogens (primary N) is 1. The molecule has 0 spiro atoms. The van der Waals surface area contributed by atoms with Gasteiger partial charge in [-0.2, -0.15) is 0 Å². The van der Waals surface area contributed by atoms with Gasteiger partial charge < -0.3 is 31.4 Å². The normalized spacial score (nSPS) is 19.9. The van der Waals surface area contributed by atoms with E-state index in [-0.39, 0.29) is 12.3 Å². The van der Waals surface area contributed by atoms with Crippen molar-refractivity contribution in [3.8, 4) is 0 Å². The third-order valence-electron chi connectivity index (χ3n) is 5.73. The Morgan fingerprint density at radius 3 is 2.58 bits per heavy atom. The van der Waals surface area contributed by atoms with E-state index in [1.165, 1.54) is 24.3 Å². The highest BCUT2D eigenvalue weighted by atomic mass is 16.4. The molecule has 0 aromatic carbocycles. The van der Waals surface area contributed by atoms with Crippen molar-refractivity contribution >= 4 is 23.7 Å². The Bertz CT molecular complexity index is 783. The van der Waals surface area contributed by atoms with E-state index < -0.39 is 47.9 Å². The Kier molecular flexibility index (Phi) is 8.55. The van der Waals surface area contributed by atoms with Crippen molar-refractivity contribution in [1.29, 1.82) is 0 Å². The predicted octanol–water partition coefficient (Wildman–Crippen LogP) is -0.609. The number of likely N-dealkylation sites (tertiary alicyclic amines) is 1. The van der Waals surface area contributed by atoms with Gasteiger partial charge in [-0.25, -0.2) is 9.78 Å². The van der Waals surface area contributed by atoms with Gasteiger partial charge in [0.15, 0.2) is 0 Å². The fraction of sp³-hybridized carbons (Fsp3) is 0.650. The van der Waals surface area contributed by atoms with Gasteiger partial charge in [-0.1, -0.05) is 20.3 Å². The van der Waals surface area contributed by atoms with Gasteiger partial charge in [0, 0.05) is 24.9 Å². The number of carbonyl (C=O) groups is 4. The van der Waals surface area contributed by atoms with E-state index in [0.717, 1.165) is 6.42 Å². The van der Waals surface area contributed by atoms with Gasteiger partial charge in [-0.05, 0) is 25.7 Å². The average Bonchev–Trinajstić information content (AvgIpc) is 3.43. The highest BCUT2D eigenvalue weighted by Crippen LogP contribution is 2.19. The van der Waals surface area contributed by atoms with Gasteiger partial charge in [0.2, 0.25) is 17.7 Å². The van der Waals surface area contributed by atoms with Crippen LogP contribution < -0.4 is 16.4 Å². The number of rotatable bonds is 10. The van der Waals surface area contributed by atoms with E-state index in [4.69, 9.17) is 5.73 Å². The molecule has 1 fully saturated rings. The van der Waals surface area contributed by atoms with Crippen LogP contribution in [0.5, 0.6) is 0 Å². The number of H-pyrrole nitrogens is 1. The number of carbonyl (C=O) groups excluding carboxylic acids is 3. The molecule has 3 amide bonds. The van der Waals surface area contributed by atoms with Gasteiger partial charge in [-0.15, -0.1) is 0 Å². The molecule has 11 nitrogen and oxygen atoms in total. The average molecular weight is 437 g/mol. The largest absolute Gasteiger partial charge is 0.480 e. The number of aliphatic carboxylic acids is 1. The molecule has 1 aromatic heterocycles. The van der Waals surface area contributed by atoms with E-state index in [0.29, 0.717) is 25.1 Å². The smallest absolute Gasteiger partial charge is 0.326 e. The molecule has 0 radical (unpaired) electrons. The molecular formula is C20H32N6O5. The summed E-state index contributed by atoms with van der Waals surface area (Å²) in [6, 6.07) is -3.59. The summed E-state index contributed by atoms with van der Waals surface area (Å²) in [6.07, 6.45) is 4.76. The number of hydrogen-bond donors (Lipinski definition) is 5. The van der Waals surface area contributed by atoms with Crippen LogP contribution in [0.2, 0.25) is 0 Å². The Hall–Kier alpha value is -2.95. The summed E-state index contributed by atoms with van der Waals surface area (Å²) in [4.78, 5) is 57.7. The molecule has 172 valence electrons. The van der Waals surface area contributed by atoms with Crippen LogP contribution in [0.3, 0.4) is 0 Å². The van der Waals surface area contributed by atoms with E-state index in [1.54, 1.807) is 0 Å². The molecule has 31 heavy (non-hydrogen) atoms. The monoisotopic (exact) mass is 436 g/mol. The summed E-state index contributed by atoms with van der Waals surface area (Å²) in [5, 5.41) is 14.6. The lowest BCUT2D eigenvalue weighted by molar-refractivity contribution is -0.149. The minimum atomic E-state index is -1.07. The quantitative estimate of drug-likeness (QED) is 0.326. The lowest BCUT2D eigenvalue weighted by Gasteiger charge is -2.28. The molecule has 11 heteroatoms. The second-order valence-corrected chi connectivity index (χ2v) is 8.01. The summed E-state index contributed by atoms with van der Waals surface area (Å²) in [5.74, 6) is -2.61. The van der Waals surface area contributed by atoms with Crippen molar-refractivity contribution in [1.82, 2.24) is 25.5 Å². The number of carboxylic acid groups (broad SMARTS) is 1. The topological polar surface area (TPSA) is 171 Å². The molecule has 5 unspecified atom stereocenters. The lowest BCUT2D eigenvalue weighted by atomic mass is 9.99. The molecule has 1 aliphatic rings. The molecule has 5 atom stereocenters. The van der Waals surface area contributed by atoms with Crippen molar-refractivity contribution < 1.29 is 24.3 Å². The zero-order valence-electron chi connectivity index (χ0n) is 18.1. The summed E-state index contributed by atoms with van der Waals surface area (Å²) >= 11 is 0. The first-order valence-corrected chi connectivity index (χ1v) is 10.5. The van der Waals surface area contributed by atoms with Crippen LogP contribution in [-0.4, -0.2) is 74.4 Å². The van der Waals surface area contributed by atoms with Gasteiger partial charge in [0.1, 0.15) is 18.1 Å².